The molecule has 1 aliphatic heterocycles. The van der Waals surface area contributed by atoms with E-state index in [1.807, 2.05) is 0 Å². The highest BCUT2D eigenvalue weighted by molar-refractivity contribution is 7.80. The molecule has 0 aliphatic carbocycles. The Hall–Kier alpha value is -1.28. The van der Waals surface area contributed by atoms with Crippen LogP contribution in [0, 0.1) is 0 Å². The van der Waals surface area contributed by atoms with E-state index >= 15 is 0 Å². The monoisotopic (exact) mass is 229 g/mol. The van der Waals surface area contributed by atoms with Gasteiger partial charge in [-0.25, -0.2) is 4.18 Å². The van der Waals surface area contributed by atoms with Crippen molar-refractivity contribution in [2.45, 2.75) is 5.79 Å². The van der Waals surface area contributed by atoms with Gasteiger partial charge in [-0.15, -0.1) is 0 Å². The molecule has 1 atom stereocenters. The lowest BCUT2D eigenvalue weighted by Gasteiger charge is -2.18. The van der Waals surface area contributed by atoms with Crippen LogP contribution < -0.4 is 0 Å². The van der Waals surface area contributed by atoms with Crippen molar-refractivity contribution in [3.63, 3.8) is 0 Å². The van der Waals surface area contributed by atoms with E-state index in [2.05, 4.69) is 9.18 Å². The number of aliphatic hydroxyl groups is 1. The second-order valence-electron chi connectivity index (χ2n) is 2.98. The first-order chi connectivity index (χ1) is 6.91. The quantitative estimate of drug-likeness (QED) is 0.564. The number of fused-ring (bicyclic) bond motifs is 1. The molecule has 1 aromatic rings. The average Bonchev–Trinajstić information content (AvgIpc) is 2.42. The molecule has 15 heavy (non-hydrogen) atoms. The van der Waals surface area contributed by atoms with Gasteiger partial charge in [-0.3, -0.25) is 9.55 Å². The van der Waals surface area contributed by atoms with Crippen molar-refractivity contribution in [3.05, 3.63) is 29.8 Å². The Morgan fingerprint density at radius 1 is 1.33 bits per heavy atom. The average molecular weight is 229 g/mol. The Kier molecular flexibility index (Phi) is 2.12. The first-order valence-corrected chi connectivity index (χ1v) is 5.32. The lowest BCUT2D eigenvalue weighted by atomic mass is 10.1. The first kappa shape index (κ1) is 10.2. The fourth-order valence-electron chi connectivity index (χ4n) is 1.34. The summed E-state index contributed by atoms with van der Waals surface area (Å²) in [7, 11) is -4.75. The summed E-state index contributed by atoms with van der Waals surface area (Å²) in [6.07, 6.45) is 0.908. The predicted molar refractivity (Wildman–Crippen MR) is 51.1 cm³/mol. The largest absolute Gasteiger partial charge is 0.400 e. The second-order valence-corrected chi connectivity index (χ2v) is 4.00. The molecule has 0 saturated carbocycles. The molecule has 80 valence electrons. The maximum absolute atomic E-state index is 10.5. The summed E-state index contributed by atoms with van der Waals surface area (Å²) in [6, 6.07) is 6.30. The fourth-order valence-corrected chi connectivity index (χ4v) is 1.80. The van der Waals surface area contributed by atoms with E-state index in [-0.39, 0.29) is 5.56 Å². The third-order valence-electron chi connectivity index (χ3n) is 1.90. The van der Waals surface area contributed by atoms with Crippen LogP contribution in [0.2, 0.25) is 0 Å². The van der Waals surface area contributed by atoms with Crippen LogP contribution in [0.4, 0.5) is 5.69 Å². The van der Waals surface area contributed by atoms with E-state index in [0.717, 1.165) is 6.21 Å². The van der Waals surface area contributed by atoms with Crippen LogP contribution in [-0.4, -0.2) is 24.3 Å². The summed E-state index contributed by atoms with van der Waals surface area (Å²) < 4.78 is 33.7. The summed E-state index contributed by atoms with van der Waals surface area (Å²) in [5.74, 6) is -2.22. The van der Waals surface area contributed by atoms with Crippen LogP contribution in [0.15, 0.2) is 29.3 Å². The zero-order valence-corrected chi connectivity index (χ0v) is 8.18. The summed E-state index contributed by atoms with van der Waals surface area (Å²) in [4.78, 5) is 3.76. The molecule has 0 amide bonds. The van der Waals surface area contributed by atoms with Gasteiger partial charge < -0.3 is 5.11 Å². The molecule has 1 aromatic carbocycles. The SMILES string of the molecule is O=S(=O)(O)OC1(O)C=Nc2ccccc21. The summed E-state index contributed by atoms with van der Waals surface area (Å²) in [5, 5.41) is 9.77. The lowest BCUT2D eigenvalue weighted by Crippen LogP contribution is -2.31. The fraction of sp³-hybridized carbons (Fsp3) is 0.125. The van der Waals surface area contributed by atoms with Gasteiger partial charge in [0.05, 0.1) is 11.9 Å². The molecule has 2 rings (SSSR count). The molecule has 0 saturated heterocycles. The van der Waals surface area contributed by atoms with Crippen molar-refractivity contribution in [1.29, 1.82) is 0 Å². The number of hydrogen-bond donors (Lipinski definition) is 2. The van der Waals surface area contributed by atoms with Gasteiger partial charge in [0.15, 0.2) is 0 Å². The van der Waals surface area contributed by atoms with Crippen LogP contribution >= 0.6 is 0 Å². The maximum Gasteiger partial charge on any atom is 0.400 e. The smallest absolute Gasteiger partial charge is 0.356 e. The summed E-state index contributed by atoms with van der Waals surface area (Å²) >= 11 is 0. The molecule has 1 heterocycles. The number of benzene rings is 1. The van der Waals surface area contributed by atoms with Gasteiger partial charge in [0, 0.05) is 5.56 Å². The third-order valence-corrected chi connectivity index (χ3v) is 2.37. The van der Waals surface area contributed by atoms with Crippen LogP contribution in [0.1, 0.15) is 5.56 Å². The predicted octanol–water partition coefficient (Wildman–Crippen LogP) is 0.367. The van der Waals surface area contributed by atoms with Crippen molar-refractivity contribution in [3.8, 4) is 0 Å². The number of hydrogen-bond acceptors (Lipinski definition) is 5. The van der Waals surface area contributed by atoms with E-state index in [4.69, 9.17) is 4.55 Å². The van der Waals surface area contributed by atoms with E-state index < -0.39 is 16.2 Å². The standard InChI is InChI=1S/C8H7NO5S/c10-8(14-15(11,12)13)5-9-7-4-2-1-3-6(7)8/h1-5,10H,(H,11,12,13). The molecule has 2 N–H and O–H groups in total. The number of aliphatic imine (C=N–C) groups is 1. The molecule has 6 nitrogen and oxygen atoms in total. The van der Waals surface area contributed by atoms with Crippen LogP contribution in [0.3, 0.4) is 0 Å². The van der Waals surface area contributed by atoms with Crippen LogP contribution in [0.25, 0.3) is 0 Å². The second kappa shape index (κ2) is 3.11. The Morgan fingerprint density at radius 3 is 2.67 bits per heavy atom. The van der Waals surface area contributed by atoms with Crippen molar-refractivity contribution in [1.82, 2.24) is 0 Å². The molecule has 1 unspecified atom stereocenters. The lowest BCUT2D eigenvalue weighted by molar-refractivity contribution is -0.0756. The molecular weight excluding hydrogens is 222 g/mol. The van der Waals surface area contributed by atoms with Gasteiger partial charge in [-0.2, -0.15) is 8.42 Å². The number of nitrogens with zero attached hydrogens (tertiary/aromatic N) is 1. The van der Waals surface area contributed by atoms with Gasteiger partial charge >= 0.3 is 10.4 Å². The van der Waals surface area contributed by atoms with Crippen molar-refractivity contribution in [2.75, 3.05) is 0 Å². The Balaban J connectivity index is 2.46. The van der Waals surface area contributed by atoms with E-state index in [0.29, 0.717) is 5.69 Å². The normalized spacial score (nSPS) is 24.1. The third kappa shape index (κ3) is 1.90. The zero-order valence-electron chi connectivity index (χ0n) is 7.36. The minimum Gasteiger partial charge on any atom is -0.356 e. The Labute approximate surface area is 85.8 Å². The minimum atomic E-state index is -4.75. The molecular formula is C8H7NO5S. The Bertz CT molecular complexity index is 524. The minimum absolute atomic E-state index is 0.169. The van der Waals surface area contributed by atoms with Crippen molar-refractivity contribution in [2.24, 2.45) is 4.99 Å². The van der Waals surface area contributed by atoms with E-state index in [1.54, 1.807) is 18.2 Å². The number of rotatable bonds is 2. The van der Waals surface area contributed by atoms with E-state index in [1.165, 1.54) is 6.07 Å². The highest BCUT2D eigenvalue weighted by Gasteiger charge is 2.39. The molecule has 0 bridgehead atoms. The summed E-state index contributed by atoms with van der Waals surface area (Å²) in [5.41, 5.74) is 0.561. The topological polar surface area (TPSA) is 96.2 Å². The van der Waals surface area contributed by atoms with Crippen LogP contribution in [-0.2, 0) is 20.4 Å². The van der Waals surface area contributed by atoms with Gasteiger partial charge in [0.1, 0.15) is 0 Å². The van der Waals surface area contributed by atoms with Gasteiger partial charge in [-0.1, -0.05) is 18.2 Å². The van der Waals surface area contributed by atoms with Gasteiger partial charge in [0.2, 0.25) is 0 Å². The van der Waals surface area contributed by atoms with Crippen LogP contribution in [0.5, 0.6) is 0 Å². The zero-order chi connectivity index (χ0) is 11.1. The molecule has 0 radical (unpaired) electrons. The molecule has 0 fully saturated rings. The van der Waals surface area contributed by atoms with Gasteiger partial charge in [0.25, 0.3) is 5.79 Å². The first-order valence-electron chi connectivity index (χ1n) is 3.96. The van der Waals surface area contributed by atoms with Gasteiger partial charge in [-0.05, 0) is 6.07 Å². The molecule has 0 spiro atoms. The molecule has 7 heteroatoms. The highest BCUT2D eigenvalue weighted by Crippen LogP contribution is 2.36. The van der Waals surface area contributed by atoms with Crippen molar-refractivity contribution < 1.29 is 22.3 Å². The molecule has 1 aliphatic rings. The Morgan fingerprint density at radius 2 is 2.00 bits per heavy atom. The maximum atomic E-state index is 10.5. The number of para-hydroxylation sites is 1. The van der Waals surface area contributed by atoms with E-state index in [9.17, 15) is 13.5 Å². The molecule has 0 aromatic heterocycles. The van der Waals surface area contributed by atoms with Crippen molar-refractivity contribution >= 4 is 22.3 Å². The highest BCUT2D eigenvalue weighted by atomic mass is 32.3. The summed E-state index contributed by atoms with van der Waals surface area (Å²) in [6.45, 7) is 0.